The summed E-state index contributed by atoms with van der Waals surface area (Å²) in [6, 6.07) is 0. The van der Waals surface area contributed by atoms with Crippen LogP contribution in [0.4, 0.5) is 0 Å². The summed E-state index contributed by atoms with van der Waals surface area (Å²) in [6.07, 6.45) is 0. The first-order chi connectivity index (χ1) is 3.55. The van der Waals surface area contributed by atoms with E-state index in [2.05, 4.69) is 0 Å². The SMILES string of the molecule is C.CC(C)C(=O)C(C)C. The van der Waals surface area contributed by atoms with Crippen molar-refractivity contribution in [1.29, 1.82) is 0 Å². The molecule has 0 aliphatic heterocycles. The third-order valence-corrected chi connectivity index (χ3v) is 1.14. The fourth-order valence-electron chi connectivity index (χ4n) is 0.667. The maximum Gasteiger partial charge on any atom is 0.137 e. The van der Waals surface area contributed by atoms with Crippen LogP contribution in [0.2, 0.25) is 0 Å². The number of carbonyl (C=O) groups excluding carboxylic acids is 1. The standard InChI is InChI=1S/C7H14O.CH4/c1-5(2)7(8)6(3)4;/h5-6H,1-4H3;1H4. The molecule has 0 amide bonds. The van der Waals surface area contributed by atoms with Gasteiger partial charge in [-0.15, -0.1) is 0 Å². The van der Waals surface area contributed by atoms with Crippen molar-refractivity contribution in [2.24, 2.45) is 11.8 Å². The predicted molar refractivity (Wildman–Crippen MR) is 41.4 cm³/mol. The molecule has 0 aromatic rings. The molecule has 1 heteroatoms. The molecular weight excluding hydrogens is 112 g/mol. The summed E-state index contributed by atoms with van der Waals surface area (Å²) in [4.78, 5) is 10.8. The first-order valence-corrected chi connectivity index (χ1v) is 3.09. The molecule has 0 unspecified atom stereocenters. The second kappa shape index (κ2) is 4.54. The van der Waals surface area contributed by atoms with E-state index in [9.17, 15) is 4.79 Å². The minimum Gasteiger partial charge on any atom is -0.299 e. The zero-order valence-electron chi connectivity index (χ0n) is 6.06. The minimum atomic E-state index is 0. The third kappa shape index (κ3) is 4.19. The summed E-state index contributed by atoms with van der Waals surface area (Å²) in [6.45, 7) is 7.73. The number of carbonyl (C=O) groups is 1. The normalized spacial score (nSPS) is 9.56. The molecule has 0 bridgehead atoms. The fraction of sp³-hybridized carbons (Fsp3) is 0.875. The van der Waals surface area contributed by atoms with Crippen LogP contribution in [0.25, 0.3) is 0 Å². The van der Waals surface area contributed by atoms with Gasteiger partial charge in [0.2, 0.25) is 0 Å². The van der Waals surface area contributed by atoms with E-state index in [0.717, 1.165) is 0 Å². The molecule has 0 radical (unpaired) electrons. The summed E-state index contributed by atoms with van der Waals surface area (Å²) in [7, 11) is 0. The van der Waals surface area contributed by atoms with Gasteiger partial charge in [-0.1, -0.05) is 35.1 Å². The van der Waals surface area contributed by atoms with E-state index in [1.54, 1.807) is 0 Å². The van der Waals surface area contributed by atoms with Gasteiger partial charge >= 0.3 is 0 Å². The van der Waals surface area contributed by atoms with Crippen molar-refractivity contribution in [2.45, 2.75) is 35.1 Å². The van der Waals surface area contributed by atoms with Crippen molar-refractivity contribution in [2.75, 3.05) is 0 Å². The first-order valence-electron chi connectivity index (χ1n) is 3.09. The van der Waals surface area contributed by atoms with Gasteiger partial charge in [-0.05, 0) is 0 Å². The maximum atomic E-state index is 10.8. The van der Waals surface area contributed by atoms with Gasteiger partial charge in [-0.3, -0.25) is 4.79 Å². The van der Waals surface area contributed by atoms with E-state index < -0.39 is 0 Å². The number of Topliss-reactive ketones (excluding diaryl/α,β-unsaturated/α-hetero) is 1. The highest BCUT2D eigenvalue weighted by Crippen LogP contribution is 2.03. The Hall–Kier alpha value is -0.330. The molecule has 0 rings (SSSR count). The van der Waals surface area contributed by atoms with Crippen LogP contribution in [0.1, 0.15) is 35.1 Å². The van der Waals surface area contributed by atoms with E-state index >= 15 is 0 Å². The number of ketones is 1. The van der Waals surface area contributed by atoms with Gasteiger partial charge in [0.25, 0.3) is 0 Å². The molecule has 0 aromatic heterocycles. The van der Waals surface area contributed by atoms with Crippen LogP contribution < -0.4 is 0 Å². The van der Waals surface area contributed by atoms with Crippen LogP contribution in [-0.2, 0) is 4.79 Å². The van der Waals surface area contributed by atoms with Crippen LogP contribution in [-0.4, -0.2) is 5.78 Å². The van der Waals surface area contributed by atoms with Gasteiger partial charge in [0.1, 0.15) is 5.78 Å². The Bertz CT molecular complexity index is 72.6. The van der Waals surface area contributed by atoms with Gasteiger partial charge in [0, 0.05) is 11.8 Å². The number of hydrogen-bond acceptors (Lipinski definition) is 1. The summed E-state index contributed by atoms with van der Waals surface area (Å²) in [5.74, 6) is 0.759. The molecular formula is C8H18O. The predicted octanol–water partition coefficient (Wildman–Crippen LogP) is 2.50. The smallest absolute Gasteiger partial charge is 0.137 e. The van der Waals surface area contributed by atoms with E-state index in [0.29, 0.717) is 5.78 Å². The molecule has 0 aromatic carbocycles. The molecule has 0 aliphatic carbocycles. The molecule has 0 fully saturated rings. The van der Waals surface area contributed by atoms with E-state index in [1.807, 2.05) is 27.7 Å². The number of hydrogen-bond donors (Lipinski definition) is 0. The monoisotopic (exact) mass is 130 g/mol. The molecule has 0 aliphatic rings. The molecule has 0 spiro atoms. The van der Waals surface area contributed by atoms with Crippen molar-refractivity contribution in [3.8, 4) is 0 Å². The Kier molecular flexibility index (Phi) is 5.78. The van der Waals surface area contributed by atoms with Gasteiger partial charge in [-0.2, -0.15) is 0 Å². The Morgan fingerprint density at radius 3 is 1.22 bits per heavy atom. The van der Waals surface area contributed by atoms with Crippen LogP contribution in [0.15, 0.2) is 0 Å². The van der Waals surface area contributed by atoms with Gasteiger partial charge < -0.3 is 0 Å². The topological polar surface area (TPSA) is 17.1 Å². The van der Waals surface area contributed by atoms with Crippen LogP contribution in [0.5, 0.6) is 0 Å². The summed E-state index contributed by atoms with van der Waals surface area (Å²) in [5, 5.41) is 0. The third-order valence-electron chi connectivity index (χ3n) is 1.14. The Balaban J connectivity index is 0. The average molecular weight is 130 g/mol. The minimum absolute atomic E-state index is 0. The van der Waals surface area contributed by atoms with Crippen molar-refractivity contribution >= 4 is 5.78 Å². The highest BCUT2D eigenvalue weighted by atomic mass is 16.1. The molecule has 9 heavy (non-hydrogen) atoms. The molecule has 1 nitrogen and oxygen atoms in total. The van der Waals surface area contributed by atoms with E-state index in [4.69, 9.17) is 0 Å². The Labute approximate surface area is 58.5 Å². The quantitative estimate of drug-likeness (QED) is 0.561. The van der Waals surface area contributed by atoms with Crippen LogP contribution in [0, 0.1) is 11.8 Å². The van der Waals surface area contributed by atoms with Gasteiger partial charge in [0.15, 0.2) is 0 Å². The lowest BCUT2D eigenvalue weighted by atomic mass is 9.99. The zero-order valence-corrected chi connectivity index (χ0v) is 6.06. The van der Waals surface area contributed by atoms with Crippen molar-refractivity contribution < 1.29 is 4.79 Å². The Morgan fingerprint density at radius 2 is 1.22 bits per heavy atom. The van der Waals surface area contributed by atoms with Crippen molar-refractivity contribution in [1.82, 2.24) is 0 Å². The second-order valence-corrected chi connectivity index (χ2v) is 2.71. The first kappa shape index (κ1) is 11.5. The lowest BCUT2D eigenvalue weighted by Crippen LogP contribution is -2.13. The largest absolute Gasteiger partial charge is 0.299 e. The summed E-state index contributed by atoms with van der Waals surface area (Å²) >= 11 is 0. The van der Waals surface area contributed by atoms with E-state index in [1.165, 1.54) is 0 Å². The van der Waals surface area contributed by atoms with Crippen LogP contribution in [0.3, 0.4) is 0 Å². The molecule has 56 valence electrons. The molecule has 0 atom stereocenters. The molecule has 0 saturated heterocycles. The highest BCUT2D eigenvalue weighted by Gasteiger charge is 2.09. The summed E-state index contributed by atoms with van der Waals surface area (Å²) in [5.41, 5.74) is 0. The molecule has 0 saturated carbocycles. The van der Waals surface area contributed by atoms with Crippen LogP contribution >= 0.6 is 0 Å². The highest BCUT2D eigenvalue weighted by molar-refractivity contribution is 5.81. The lowest BCUT2D eigenvalue weighted by Gasteiger charge is -2.05. The maximum absolute atomic E-state index is 10.8. The average Bonchev–Trinajstić information content (AvgIpc) is 1.64. The fourth-order valence-corrected chi connectivity index (χ4v) is 0.667. The molecule has 0 N–H and O–H groups in total. The lowest BCUT2D eigenvalue weighted by molar-refractivity contribution is -0.124. The van der Waals surface area contributed by atoms with E-state index in [-0.39, 0.29) is 19.3 Å². The van der Waals surface area contributed by atoms with Gasteiger partial charge in [-0.25, -0.2) is 0 Å². The second-order valence-electron chi connectivity index (χ2n) is 2.71. The number of rotatable bonds is 2. The van der Waals surface area contributed by atoms with Crippen molar-refractivity contribution in [3.05, 3.63) is 0 Å². The summed E-state index contributed by atoms with van der Waals surface area (Å²) < 4.78 is 0. The van der Waals surface area contributed by atoms with Gasteiger partial charge in [0.05, 0.1) is 0 Å². The Morgan fingerprint density at radius 1 is 1.00 bits per heavy atom. The molecule has 0 heterocycles. The van der Waals surface area contributed by atoms with Crippen molar-refractivity contribution in [3.63, 3.8) is 0 Å². The zero-order chi connectivity index (χ0) is 6.73.